The molecule has 0 spiro atoms. The molecular weight excluding hydrogens is 422 g/mol. The first-order valence-electron chi connectivity index (χ1n) is 8.48. The minimum atomic E-state index is -2.99. The van der Waals surface area contributed by atoms with Crippen LogP contribution in [0.15, 0.2) is 35.7 Å². The van der Waals surface area contributed by atoms with Crippen LogP contribution in [-0.2, 0) is 15.1 Å². The Morgan fingerprint density at radius 3 is 2.53 bits per heavy atom. The van der Waals surface area contributed by atoms with Crippen molar-refractivity contribution in [1.82, 2.24) is 10.2 Å². The maximum absolute atomic E-state index is 12.9. The predicted octanol–water partition coefficient (Wildman–Crippen LogP) is 1.85. The first kappa shape index (κ1) is 21.2. The standard InChI is InChI=1S/C18H16F2N4O5S/c1-18(9-2-4-10(5-3-9)29-16(19)20)15(27)24(17(28)23-18)8-12(25)22-14-11(13(21)26)6-7-30-14/h2-7,16H,8H2,1H3,(H2,21,26)(H,22,25)(H,23,28). The van der Waals surface area contributed by atoms with Gasteiger partial charge in [-0.05, 0) is 36.1 Å². The number of urea groups is 1. The highest BCUT2D eigenvalue weighted by molar-refractivity contribution is 7.14. The lowest BCUT2D eigenvalue weighted by Gasteiger charge is -2.22. The van der Waals surface area contributed by atoms with Crippen LogP contribution in [0, 0.1) is 0 Å². The van der Waals surface area contributed by atoms with E-state index in [1.807, 2.05) is 0 Å². The summed E-state index contributed by atoms with van der Waals surface area (Å²) in [5.74, 6) is -2.24. The van der Waals surface area contributed by atoms with Gasteiger partial charge in [-0.2, -0.15) is 8.78 Å². The molecular formula is C18H16F2N4O5S. The maximum Gasteiger partial charge on any atom is 0.387 e. The number of carbonyl (C=O) groups is 4. The van der Waals surface area contributed by atoms with E-state index < -0.39 is 42.4 Å². The highest BCUT2D eigenvalue weighted by Crippen LogP contribution is 2.30. The highest BCUT2D eigenvalue weighted by atomic mass is 32.1. The third-order valence-electron chi connectivity index (χ3n) is 4.42. The number of thiophene rings is 1. The largest absolute Gasteiger partial charge is 0.435 e. The second-order valence-electron chi connectivity index (χ2n) is 6.43. The van der Waals surface area contributed by atoms with Crippen LogP contribution in [0.25, 0.3) is 0 Å². The van der Waals surface area contributed by atoms with Gasteiger partial charge in [-0.15, -0.1) is 11.3 Å². The summed E-state index contributed by atoms with van der Waals surface area (Å²) in [6.45, 7) is -2.16. The van der Waals surface area contributed by atoms with E-state index in [0.29, 0.717) is 5.56 Å². The summed E-state index contributed by atoms with van der Waals surface area (Å²) in [6, 6.07) is 5.85. The molecule has 9 nitrogen and oxygen atoms in total. The van der Waals surface area contributed by atoms with E-state index in [0.717, 1.165) is 16.2 Å². The Hall–Kier alpha value is -3.54. The first-order chi connectivity index (χ1) is 14.1. The highest BCUT2D eigenvalue weighted by Gasteiger charge is 2.49. The Balaban J connectivity index is 1.73. The molecule has 5 amide bonds. The van der Waals surface area contributed by atoms with Gasteiger partial charge in [0.2, 0.25) is 5.91 Å². The number of nitrogens with one attached hydrogen (secondary N) is 2. The Labute approximate surface area is 172 Å². The van der Waals surface area contributed by atoms with Gasteiger partial charge in [-0.25, -0.2) is 4.79 Å². The second kappa shape index (κ2) is 8.06. The number of carbonyl (C=O) groups excluding carboxylic acids is 4. The van der Waals surface area contributed by atoms with Crippen molar-refractivity contribution in [2.75, 3.05) is 11.9 Å². The average molecular weight is 438 g/mol. The number of nitrogens with two attached hydrogens (primary N) is 1. The van der Waals surface area contributed by atoms with Crippen molar-refractivity contribution in [2.24, 2.45) is 5.73 Å². The summed E-state index contributed by atoms with van der Waals surface area (Å²) in [5.41, 5.74) is 4.15. The number of halogens is 2. The number of amides is 5. The van der Waals surface area contributed by atoms with Crippen molar-refractivity contribution in [2.45, 2.75) is 19.1 Å². The molecule has 1 unspecified atom stereocenters. The Bertz CT molecular complexity index is 1010. The number of nitrogens with zero attached hydrogens (tertiary/aromatic N) is 1. The van der Waals surface area contributed by atoms with Crippen LogP contribution in [0.5, 0.6) is 5.75 Å². The van der Waals surface area contributed by atoms with Crippen molar-refractivity contribution in [3.63, 3.8) is 0 Å². The number of hydrogen-bond donors (Lipinski definition) is 3. The van der Waals surface area contributed by atoms with E-state index in [-0.39, 0.29) is 16.3 Å². The zero-order chi connectivity index (χ0) is 22.1. The van der Waals surface area contributed by atoms with E-state index >= 15 is 0 Å². The van der Waals surface area contributed by atoms with E-state index in [9.17, 15) is 28.0 Å². The third kappa shape index (κ3) is 4.08. The van der Waals surface area contributed by atoms with Gasteiger partial charge < -0.3 is 21.1 Å². The molecule has 30 heavy (non-hydrogen) atoms. The Kier molecular flexibility index (Phi) is 5.69. The molecule has 1 saturated heterocycles. The number of rotatable bonds is 7. The molecule has 0 saturated carbocycles. The molecule has 4 N–H and O–H groups in total. The number of alkyl halides is 2. The van der Waals surface area contributed by atoms with Gasteiger partial charge in [0.05, 0.1) is 5.56 Å². The lowest BCUT2D eigenvalue weighted by molar-refractivity contribution is -0.133. The van der Waals surface area contributed by atoms with Crippen LogP contribution in [-0.4, -0.2) is 41.8 Å². The molecule has 1 aromatic heterocycles. The van der Waals surface area contributed by atoms with E-state index in [1.54, 1.807) is 5.38 Å². The number of imide groups is 1. The smallest absolute Gasteiger partial charge is 0.387 e. The Morgan fingerprint density at radius 2 is 1.93 bits per heavy atom. The van der Waals surface area contributed by atoms with Crippen LogP contribution >= 0.6 is 11.3 Å². The zero-order valence-electron chi connectivity index (χ0n) is 15.5. The van der Waals surface area contributed by atoms with Crippen molar-refractivity contribution < 1.29 is 32.7 Å². The first-order valence-corrected chi connectivity index (χ1v) is 9.36. The molecule has 1 aliphatic rings. The van der Waals surface area contributed by atoms with Crippen LogP contribution in [0.1, 0.15) is 22.8 Å². The fraction of sp³-hybridized carbons (Fsp3) is 0.222. The zero-order valence-corrected chi connectivity index (χ0v) is 16.3. The van der Waals surface area contributed by atoms with Crippen LogP contribution < -0.4 is 21.1 Å². The summed E-state index contributed by atoms with van der Waals surface area (Å²) in [5, 5.41) is 6.71. The van der Waals surface area contributed by atoms with E-state index in [1.165, 1.54) is 37.3 Å². The number of primary amides is 1. The van der Waals surface area contributed by atoms with Gasteiger partial charge in [-0.1, -0.05) is 12.1 Å². The van der Waals surface area contributed by atoms with Gasteiger partial charge in [0.1, 0.15) is 22.8 Å². The van der Waals surface area contributed by atoms with Crippen molar-refractivity contribution in [1.29, 1.82) is 0 Å². The molecule has 158 valence electrons. The summed E-state index contributed by atoms with van der Waals surface area (Å²) in [6.07, 6.45) is 0. The molecule has 12 heteroatoms. The van der Waals surface area contributed by atoms with E-state index in [4.69, 9.17) is 5.73 Å². The molecule has 2 heterocycles. The fourth-order valence-electron chi connectivity index (χ4n) is 2.92. The molecule has 3 rings (SSSR count). The van der Waals surface area contributed by atoms with Gasteiger partial charge >= 0.3 is 12.6 Å². The number of ether oxygens (including phenoxy) is 1. The molecule has 1 aromatic carbocycles. The molecule has 1 aliphatic heterocycles. The summed E-state index contributed by atoms with van der Waals surface area (Å²) in [7, 11) is 0. The fourth-order valence-corrected chi connectivity index (χ4v) is 3.72. The van der Waals surface area contributed by atoms with Crippen molar-refractivity contribution in [3.05, 3.63) is 46.8 Å². The van der Waals surface area contributed by atoms with Crippen molar-refractivity contribution >= 4 is 40.1 Å². The van der Waals surface area contributed by atoms with Crippen molar-refractivity contribution in [3.8, 4) is 5.75 Å². The summed E-state index contributed by atoms with van der Waals surface area (Å²) in [4.78, 5) is 49.5. The van der Waals surface area contributed by atoms with Gasteiger partial charge in [0.25, 0.3) is 11.8 Å². The maximum atomic E-state index is 12.9. The van der Waals surface area contributed by atoms with E-state index in [2.05, 4.69) is 15.4 Å². The number of anilines is 1. The average Bonchev–Trinajstić information content (AvgIpc) is 3.21. The minimum Gasteiger partial charge on any atom is -0.435 e. The van der Waals surface area contributed by atoms with Gasteiger partial charge in [-0.3, -0.25) is 19.3 Å². The monoisotopic (exact) mass is 438 g/mol. The molecule has 2 aromatic rings. The quantitative estimate of drug-likeness (QED) is 0.568. The van der Waals surface area contributed by atoms with Crippen LogP contribution in [0.3, 0.4) is 0 Å². The topological polar surface area (TPSA) is 131 Å². The lowest BCUT2D eigenvalue weighted by Crippen LogP contribution is -2.42. The molecule has 0 bridgehead atoms. The number of benzene rings is 1. The predicted molar refractivity (Wildman–Crippen MR) is 102 cm³/mol. The normalized spacial score (nSPS) is 18.5. The SMILES string of the molecule is CC1(c2ccc(OC(F)F)cc2)NC(=O)N(CC(=O)Nc2sccc2C(N)=O)C1=O. The summed E-state index contributed by atoms with van der Waals surface area (Å²) >= 11 is 1.07. The van der Waals surface area contributed by atoms with Crippen LogP contribution in [0.2, 0.25) is 0 Å². The third-order valence-corrected chi connectivity index (χ3v) is 5.25. The molecule has 0 radical (unpaired) electrons. The summed E-state index contributed by atoms with van der Waals surface area (Å²) < 4.78 is 28.8. The van der Waals surface area contributed by atoms with Gasteiger partial charge in [0, 0.05) is 0 Å². The van der Waals surface area contributed by atoms with Crippen LogP contribution in [0.4, 0.5) is 18.6 Å². The second-order valence-corrected chi connectivity index (χ2v) is 7.34. The van der Waals surface area contributed by atoms with Gasteiger partial charge in [0.15, 0.2) is 0 Å². The molecule has 1 fully saturated rings. The molecule has 0 aliphatic carbocycles. The number of hydrogen-bond acceptors (Lipinski definition) is 6. The Morgan fingerprint density at radius 1 is 1.27 bits per heavy atom. The molecule has 1 atom stereocenters. The lowest BCUT2D eigenvalue weighted by atomic mass is 9.92. The minimum absolute atomic E-state index is 0.105.